The molecule has 3 N–H and O–H groups in total. The zero-order valence-electron chi connectivity index (χ0n) is 23.6. The third-order valence-corrected chi connectivity index (χ3v) is 9.13. The number of hydrogen-bond donors (Lipinski definition) is 2. The number of ether oxygens (including phenoxy) is 2. The molecule has 0 spiro atoms. The second kappa shape index (κ2) is 11.4. The summed E-state index contributed by atoms with van der Waals surface area (Å²) in [5, 5.41) is 8.87. The molecule has 0 unspecified atom stereocenters. The third kappa shape index (κ3) is 5.38. The molecule has 6 rings (SSSR count). The van der Waals surface area contributed by atoms with Gasteiger partial charge < -0.3 is 29.9 Å². The van der Waals surface area contributed by atoms with Crippen LogP contribution in [0, 0.1) is 12.8 Å². The molecule has 42 heavy (non-hydrogen) atoms. The van der Waals surface area contributed by atoms with Crippen LogP contribution in [0.5, 0.6) is 5.88 Å². The Morgan fingerprint density at radius 2 is 2.12 bits per heavy atom. The van der Waals surface area contributed by atoms with Gasteiger partial charge in [-0.05, 0) is 44.1 Å². The van der Waals surface area contributed by atoms with Gasteiger partial charge in [-0.25, -0.2) is 9.78 Å². The van der Waals surface area contributed by atoms with Gasteiger partial charge in [0.25, 0.3) is 0 Å². The standard InChI is InChI=1S/C29H34N6O6S/c1-16-12-21(34-41-16)24-31-20-10-11-42-23(20)26(32-24)40-18-13-22-25(36)33-29(28(38)39-2)14-17(29)8-6-4-3-5-7-9-19(30)27(37)35(22)15-18/h6,8,10-12,17-19,22H,3-5,7,9,13-15,30H2,1-2H3,(H,33,36)/t17-,18-,19+,22+,29-/m1/s1. The lowest BCUT2D eigenvalue weighted by Gasteiger charge is -2.28. The fourth-order valence-electron chi connectivity index (χ4n) is 5.87. The fourth-order valence-corrected chi connectivity index (χ4v) is 6.63. The van der Waals surface area contributed by atoms with Gasteiger partial charge in [-0.3, -0.25) is 9.59 Å². The summed E-state index contributed by atoms with van der Waals surface area (Å²) in [6, 6.07) is 1.99. The number of carbonyl (C=O) groups excluding carboxylic acids is 3. The monoisotopic (exact) mass is 594 g/mol. The minimum Gasteiger partial charge on any atom is -0.471 e. The summed E-state index contributed by atoms with van der Waals surface area (Å²) in [6.45, 7) is 1.93. The average molecular weight is 595 g/mol. The van der Waals surface area contributed by atoms with Crippen molar-refractivity contribution >= 4 is 39.3 Å². The van der Waals surface area contributed by atoms with Gasteiger partial charge in [0.05, 0.1) is 25.2 Å². The Balaban J connectivity index is 1.29. The van der Waals surface area contributed by atoms with Crippen LogP contribution in [0.1, 0.15) is 50.7 Å². The van der Waals surface area contributed by atoms with E-state index in [9.17, 15) is 14.4 Å². The van der Waals surface area contributed by atoms with E-state index < -0.39 is 35.6 Å². The number of aryl methyl sites for hydroxylation is 1. The Bertz CT molecular complexity index is 1540. The third-order valence-electron chi connectivity index (χ3n) is 8.24. The molecule has 12 nitrogen and oxygen atoms in total. The Morgan fingerprint density at radius 3 is 2.90 bits per heavy atom. The zero-order valence-corrected chi connectivity index (χ0v) is 24.4. The van der Waals surface area contributed by atoms with E-state index in [-0.39, 0.29) is 24.8 Å². The number of rotatable bonds is 4. The summed E-state index contributed by atoms with van der Waals surface area (Å²) in [5.74, 6) is -0.0755. The SMILES string of the molecule is COC(=O)[C@@]12C[C@H]1C=CCCCCC[C@H](N)C(=O)N1C[C@H](Oc3nc(-c4cc(C)on4)nc4ccsc34)C[C@H]1C(=O)N2. The van der Waals surface area contributed by atoms with Gasteiger partial charge in [0.15, 0.2) is 11.5 Å². The molecular formula is C29H34N6O6S. The molecule has 1 aliphatic carbocycles. The van der Waals surface area contributed by atoms with E-state index in [2.05, 4.69) is 26.5 Å². The van der Waals surface area contributed by atoms with Crippen LogP contribution in [0.2, 0.25) is 0 Å². The molecule has 0 bridgehead atoms. The van der Waals surface area contributed by atoms with E-state index in [0.29, 0.717) is 41.5 Å². The molecule has 2 aliphatic heterocycles. The average Bonchev–Trinajstić information content (AvgIpc) is 3.39. The van der Waals surface area contributed by atoms with Gasteiger partial charge in [0.1, 0.15) is 28.1 Å². The van der Waals surface area contributed by atoms with Gasteiger partial charge in [-0.1, -0.05) is 30.2 Å². The van der Waals surface area contributed by atoms with Crippen molar-refractivity contribution in [3.8, 4) is 17.4 Å². The first-order chi connectivity index (χ1) is 20.3. The fraction of sp³-hybridized carbons (Fsp3) is 0.517. The van der Waals surface area contributed by atoms with Crippen LogP contribution < -0.4 is 15.8 Å². The van der Waals surface area contributed by atoms with Crippen LogP contribution in [0.4, 0.5) is 0 Å². The predicted molar refractivity (Wildman–Crippen MR) is 153 cm³/mol. The Kier molecular flexibility index (Phi) is 7.71. The first-order valence-electron chi connectivity index (χ1n) is 14.3. The number of nitrogens with zero attached hydrogens (tertiary/aromatic N) is 4. The van der Waals surface area contributed by atoms with Crippen molar-refractivity contribution in [2.24, 2.45) is 11.7 Å². The molecular weight excluding hydrogens is 560 g/mol. The molecule has 13 heteroatoms. The van der Waals surface area contributed by atoms with Crippen LogP contribution in [-0.4, -0.2) is 75.2 Å². The number of methoxy groups -OCH3 is 1. The first-order valence-corrected chi connectivity index (χ1v) is 15.2. The highest BCUT2D eigenvalue weighted by Crippen LogP contribution is 2.46. The summed E-state index contributed by atoms with van der Waals surface area (Å²) in [4.78, 5) is 50.9. The van der Waals surface area contributed by atoms with Crippen molar-refractivity contribution in [1.29, 1.82) is 0 Å². The number of fused-ring (bicyclic) bond motifs is 3. The Morgan fingerprint density at radius 1 is 1.26 bits per heavy atom. The number of hydrogen-bond acceptors (Lipinski definition) is 11. The predicted octanol–water partition coefficient (Wildman–Crippen LogP) is 2.90. The van der Waals surface area contributed by atoms with Crippen LogP contribution in [0.25, 0.3) is 21.7 Å². The topological polar surface area (TPSA) is 163 Å². The van der Waals surface area contributed by atoms with Gasteiger partial charge >= 0.3 is 5.97 Å². The van der Waals surface area contributed by atoms with E-state index >= 15 is 0 Å². The molecule has 1 saturated heterocycles. The van der Waals surface area contributed by atoms with Crippen molar-refractivity contribution in [2.75, 3.05) is 13.7 Å². The van der Waals surface area contributed by atoms with Crippen molar-refractivity contribution in [3.05, 3.63) is 35.4 Å². The smallest absolute Gasteiger partial charge is 0.332 e. The lowest BCUT2D eigenvalue weighted by molar-refractivity contribution is -0.148. The highest BCUT2D eigenvalue weighted by Gasteiger charge is 2.62. The maximum Gasteiger partial charge on any atom is 0.332 e. The molecule has 5 heterocycles. The molecule has 1 saturated carbocycles. The first kappa shape index (κ1) is 28.3. The van der Waals surface area contributed by atoms with Crippen LogP contribution in [-0.2, 0) is 19.1 Å². The number of nitrogens with one attached hydrogen (secondary N) is 1. The van der Waals surface area contributed by atoms with Crippen LogP contribution in [0.15, 0.2) is 34.2 Å². The normalized spacial score (nSPS) is 28.4. The van der Waals surface area contributed by atoms with E-state index in [1.807, 2.05) is 17.5 Å². The van der Waals surface area contributed by atoms with Crippen molar-refractivity contribution < 1.29 is 28.4 Å². The molecule has 3 aromatic heterocycles. The molecule has 2 amide bonds. The Labute approximate surface area is 246 Å². The summed E-state index contributed by atoms with van der Waals surface area (Å²) >= 11 is 1.44. The number of nitrogens with two attached hydrogens (primary N) is 1. The molecule has 3 aromatic rings. The molecule has 2 fully saturated rings. The van der Waals surface area contributed by atoms with Crippen molar-refractivity contribution in [1.82, 2.24) is 25.3 Å². The number of esters is 1. The lowest BCUT2D eigenvalue weighted by atomic mass is 10.1. The van der Waals surface area contributed by atoms with Gasteiger partial charge in [0.2, 0.25) is 17.7 Å². The number of allylic oxidation sites excluding steroid dienone is 1. The summed E-state index contributed by atoms with van der Waals surface area (Å²) in [5.41, 5.74) is 6.38. The van der Waals surface area contributed by atoms with Crippen LogP contribution in [0.3, 0.4) is 0 Å². The highest BCUT2D eigenvalue weighted by molar-refractivity contribution is 7.17. The maximum absolute atomic E-state index is 13.8. The molecule has 0 aromatic carbocycles. The van der Waals surface area contributed by atoms with Crippen molar-refractivity contribution in [2.45, 2.75) is 75.6 Å². The lowest BCUT2D eigenvalue weighted by Crippen LogP contribution is -2.55. The number of thiophene rings is 1. The minimum atomic E-state index is -1.14. The van der Waals surface area contributed by atoms with Crippen molar-refractivity contribution in [3.63, 3.8) is 0 Å². The number of amides is 2. The zero-order chi connectivity index (χ0) is 29.4. The molecule has 5 atom stereocenters. The summed E-state index contributed by atoms with van der Waals surface area (Å²) < 4.78 is 17.4. The second-order valence-corrected chi connectivity index (χ2v) is 12.1. The van der Waals surface area contributed by atoms with E-state index in [4.69, 9.17) is 19.7 Å². The van der Waals surface area contributed by atoms with Crippen LogP contribution >= 0.6 is 11.3 Å². The van der Waals surface area contributed by atoms with E-state index in [1.165, 1.54) is 23.3 Å². The summed E-state index contributed by atoms with van der Waals surface area (Å²) in [7, 11) is 1.31. The van der Waals surface area contributed by atoms with Gasteiger partial charge in [-0.2, -0.15) is 4.98 Å². The number of carbonyl (C=O) groups is 3. The second-order valence-electron chi connectivity index (χ2n) is 11.2. The minimum absolute atomic E-state index is 0.147. The molecule has 3 aliphatic rings. The summed E-state index contributed by atoms with van der Waals surface area (Å²) in [6.07, 6.45) is 8.22. The maximum atomic E-state index is 13.8. The van der Waals surface area contributed by atoms with Gasteiger partial charge in [-0.15, -0.1) is 11.3 Å². The molecule has 0 radical (unpaired) electrons. The highest BCUT2D eigenvalue weighted by atomic mass is 32.1. The number of aromatic nitrogens is 3. The Hall–Kier alpha value is -3.84. The van der Waals surface area contributed by atoms with E-state index in [0.717, 1.165) is 30.4 Å². The van der Waals surface area contributed by atoms with E-state index in [1.54, 1.807) is 13.0 Å². The largest absolute Gasteiger partial charge is 0.471 e. The quantitative estimate of drug-likeness (QED) is 0.339. The van der Waals surface area contributed by atoms with Gasteiger partial charge in [0, 0.05) is 18.4 Å². The molecule has 222 valence electrons.